The molecule has 0 fully saturated rings. The molecule has 36 heavy (non-hydrogen) atoms. The Kier molecular flexibility index (Phi) is 8.67. The van der Waals surface area contributed by atoms with Gasteiger partial charge in [0.25, 0.3) is 0 Å². The van der Waals surface area contributed by atoms with Crippen molar-refractivity contribution in [1.29, 1.82) is 0 Å². The highest BCUT2D eigenvalue weighted by Crippen LogP contribution is 2.36. The van der Waals surface area contributed by atoms with E-state index in [0.29, 0.717) is 29.5 Å². The Morgan fingerprint density at radius 2 is 1.28 bits per heavy atom. The molecule has 0 aliphatic carbocycles. The standard InChI is InChI=1S/C30H32N2O4/c1-33-28-15-8-7-10-22(28)16-17-31-21-27-29(34-2)19-26(20-30(27)35-3)36-25-14-9-13-24(18-25)32-23-11-5-4-6-12-23/h4-15,18-20,31-32H,16-17,21H2,1-3H3. The number of methoxy groups -OCH3 is 3. The number of anilines is 2. The van der Waals surface area contributed by atoms with Gasteiger partial charge in [-0.3, -0.25) is 0 Å². The number of nitrogens with one attached hydrogen (secondary N) is 2. The Balaban J connectivity index is 1.43. The minimum atomic E-state index is 0.595. The van der Waals surface area contributed by atoms with Crippen LogP contribution in [0.1, 0.15) is 11.1 Å². The second-order valence-electron chi connectivity index (χ2n) is 8.17. The molecule has 0 bridgehead atoms. The van der Waals surface area contributed by atoms with Crippen molar-refractivity contribution in [3.8, 4) is 28.7 Å². The Hall–Kier alpha value is -4.16. The summed E-state index contributed by atoms with van der Waals surface area (Å²) in [5.41, 5.74) is 4.06. The molecule has 0 aliphatic heterocycles. The first-order chi connectivity index (χ1) is 17.7. The summed E-state index contributed by atoms with van der Waals surface area (Å²) in [7, 11) is 5.00. The normalized spacial score (nSPS) is 10.5. The van der Waals surface area contributed by atoms with Crippen LogP contribution in [-0.2, 0) is 13.0 Å². The molecule has 0 amide bonds. The van der Waals surface area contributed by atoms with Crippen LogP contribution in [0.15, 0.2) is 91.0 Å². The molecular formula is C30H32N2O4. The highest BCUT2D eigenvalue weighted by atomic mass is 16.5. The molecule has 0 heterocycles. The van der Waals surface area contributed by atoms with Crippen LogP contribution in [0, 0.1) is 0 Å². The minimum absolute atomic E-state index is 0.595. The van der Waals surface area contributed by atoms with Crippen molar-refractivity contribution in [1.82, 2.24) is 5.32 Å². The highest BCUT2D eigenvalue weighted by Gasteiger charge is 2.14. The van der Waals surface area contributed by atoms with Crippen molar-refractivity contribution in [2.24, 2.45) is 0 Å². The second kappa shape index (κ2) is 12.5. The lowest BCUT2D eigenvalue weighted by Crippen LogP contribution is -2.18. The van der Waals surface area contributed by atoms with Crippen LogP contribution in [0.3, 0.4) is 0 Å². The first kappa shape index (κ1) is 24.9. The molecule has 6 nitrogen and oxygen atoms in total. The van der Waals surface area contributed by atoms with Gasteiger partial charge in [0.05, 0.1) is 26.9 Å². The quantitative estimate of drug-likeness (QED) is 0.222. The number of para-hydroxylation sites is 2. The first-order valence-corrected chi connectivity index (χ1v) is 11.9. The maximum absolute atomic E-state index is 6.17. The fourth-order valence-electron chi connectivity index (χ4n) is 4.00. The molecule has 0 spiro atoms. The Bertz CT molecular complexity index is 1240. The molecule has 0 atom stereocenters. The van der Waals surface area contributed by atoms with Gasteiger partial charge in [-0.25, -0.2) is 0 Å². The summed E-state index contributed by atoms with van der Waals surface area (Å²) in [6.07, 6.45) is 0.850. The first-order valence-electron chi connectivity index (χ1n) is 11.9. The van der Waals surface area contributed by atoms with Crippen LogP contribution in [-0.4, -0.2) is 27.9 Å². The van der Waals surface area contributed by atoms with E-state index in [1.807, 2.05) is 84.9 Å². The largest absolute Gasteiger partial charge is 0.496 e. The predicted molar refractivity (Wildman–Crippen MR) is 144 cm³/mol. The van der Waals surface area contributed by atoms with E-state index >= 15 is 0 Å². The van der Waals surface area contributed by atoms with Gasteiger partial charge >= 0.3 is 0 Å². The van der Waals surface area contributed by atoms with Crippen LogP contribution in [0.5, 0.6) is 28.7 Å². The average molecular weight is 485 g/mol. The Labute approximate surface area is 212 Å². The molecule has 4 aromatic carbocycles. The lowest BCUT2D eigenvalue weighted by Gasteiger charge is -2.17. The van der Waals surface area contributed by atoms with Gasteiger partial charge in [-0.05, 0) is 48.9 Å². The topological polar surface area (TPSA) is 61.0 Å². The summed E-state index contributed by atoms with van der Waals surface area (Å²) in [5.74, 6) is 3.65. The number of benzene rings is 4. The van der Waals surface area contributed by atoms with Crippen LogP contribution in [0.2, 0.25) is 0 Å². The van der Waals surface area contributed by atoms with E-state index in [4.69, 9.17) is 18.9 Å². The number of ether oxygens (including phenoxy) is 4. The number of rotatable bonds is 12. The maximum atomic E-state index is 6.17. The molecule has 0 unspecified atom stereocenters. The molecular weight excluding hydrogens is 452 g/mol. The van der Waals surface area contributed by atoms with Crippen molar-refractivity contribution in [2.75, 3.05) is 33.2 Å². The van der Waals surface area contributed by atoms with Crippen molar-refractivity contribution >= 4 is 11.4 Å². The van der Waals surface area contributed by atoms with Gasteiger partial charge in [0.2, 0.25) is 0 Å². The summed E-state index contributed by atoms with van der Waals surface area (Å²) >= 11 is 0. The van der Waals surface area contributed by atoms with E-state index < -0.39 is 0 Å². The molecule has 0 aliphatic rings. The van der Waals surface area contributed by atoms with E-state index in [9.17, 15) is 0 Å². The van der Waals surface area contributed by atoms with Crippen molar-refractivity contribution in [3.05, 3.63) is 102 Å². The fraction of sp³-hybridized carbons (Fsp3) is 0.200. The molecule has 0 aromatic heterocycles. The smallest absolute Gasteiger partial charge is 0.134 e. The minimum Gasteiger partial charge on any atom is -0.496 e. The molecule has 186 valence electrons. The molecule has 6 heteroatoms. The van der Waals surface area contributed by atoms with E-state index in [0.717, 1.165) is 35.7 Å². The molecule has 2 N–H and O–H groups in total. The van der Waals surface area contributed by atoms with Gasteiger partial charge < -0.3 is 29.6 Å². The van der Waals surface area contributed by atoms with Crippen LogP contribution < -0.4 is 29.6 Å². The van der Waals surface area contributed by atoms with Gasteiger partial charge in [-0.1, -0.05) is 42.5 Å². The van der Waals surface area contributed by atoms with Gasteiger partial charge in [0.15, 0.2) is 0 Å². The zero-order valence-electron chi connectivity index (χ0n) is 20.9. The number of hydrogen-bond donors (Lipinski definition) is 2. The third kappa shape index (κ3) is 6.49. The van der Waals surface area contributed by atoms with Gasteiger partial charge in [0, 0.05) is 36.1 Å². The molecule has 4 aromatic rings. The highest BCUT2D eigenvalue weighted by molar-refractivity contribution is 5.61. The summed E-state index contributed by atoms with van der Waals surface area (Å²) < 4.78 is 23.0. The van der Waals surface area contributed by atoms with Crippen molar-refractivity contribution < 1.29 is 18.9 Å². The van der Waals surface area contributed by atoms with Gasteiger partial charge in [0.1, 0.15) is 28.7 Å². The fourth-order valence-corrected chi connectivity index (χ4v) is 4.00. The molecule has 0 saturated heterocycles. The zero-order valence-corrected chi connectivity index (χ0v) is 20.9. The van der Waals surface area contributed by atoms with E-state index in [-0.39, 0.29) is 0 Å². The van der Waals surface area contributed by atoms with E-state index in [1.54, 1.807) is 21.3 Å². The lowest BCUT2D eigenvalue weighted by atomic mass is 10.1. The SMILES string of the molecule is COc1ccccc1CCNCc1c(OC)cc(Oc2cccc(Nc3ccccc3)c2)cc1OC. The van der Waals surface area contributed by atoms with Crippen LogP contribution >= 0.6 is 0 Å². The average Bonchev–Trinajstić information content (AvgIpc) is 2.92. The lowest BCUT2D eigenvalue weighted by molar-refractivity contribution is 0.375. The third-order valence-corrected chi connectivity index (χ3v) is 5.78. The third-order valence-electron chi connectivity index (χ3n) is 5.78. The molecule has 4 rings (SSSR count). The van der Waals surface area contributed by atoms with Gasteiger partial charge in [-0.2, -0.15) is 0 Å². The molecule has 0 saturated carbocycles. The van der Waals surface area contributed by atoms with Crippen molar-refractivity contribution in [2.45, 2.75) is 13.0 Å². The zero-order chi connectivity index (χ0) is 25.2. The summed E-state index contributed by atoms with van der Waals surface area (Å²) in [4.78, 5) is 0. The van der Waals surface area contributed by atoms with E-state index in [1.165, 1.54) is 5.56 Å². The number of hydrogen-bond acceptors (Lipinski definition) is 6. The molecule has 0 radical (unpaired) electrons. The Morgan fingerprint density at radius 1 is 0.611 bits per heavy atom. The summed E-state index contributed by atoms with van der Waals surface area (Å²) in [6, 6.07) is 29.7. The van der Waals surface area contributed by atoms with E-state index in [2.05, 4.69) is 16.7 Å². The second-order valence-corrected chi connectivity index (χ2v) is 8.17. The predicted octanol–water partition coefficient (Wildman–Crippen LogP) is 6.58. The van der Waals surface area contributed by atoms with Crippen LogP contribution in [0.4, 0.5) is 11.4 Å². The summed E-state index contributed by atoms with van der Waals surface area (Å²) in [6.45, 7) is 1.38. The van der Waals surface area contributed by atoms with Gasteiger partial charge in [-0.15, -0.1) is 0 Å². The summed E-state index contributed by atoms with van der Waals surface area (Å²) in [5, 5.41) is 6.87. The maximum Gasteiger partial charge on any atom is 0.134 e. The van der Waals surface area contributed by atoms with Crippen LogP contribution in [0.25, 0.3) is 0 Å². The van der Waals surface area contributed by atoms with Crippen molar-refractivity contribution in [3.63, 3.8) is 0 Å². The monoisotopic (exact) mass is 484 g/mol. The Morgan fingerprint density at radius 3 is 2.00 bits per heavy atom.